The molecule has 46 heavy (non-hydrogen) atoms. The van der Waals surface area contributed by atoms with Crippen LogP contribution in [0.3, 0.4) is 0 Å². The maximum atomic E-state index is 5.10. The first-order chi connectivity index (χ1) is 22.8. The van der Waals surface area contributed by atoms with Gasteiger partial charge in [-0.05, 0) is 88.3 Å². The number of imidazole rings is 1. The van der Waals surface area contributed by atoms with Crippen LogP contribution in [0.1, 0.15) is 0 Å². The zero-order chi connectivity index (χ0) is 30.2. The van der Waals surface area contributed by atoms with Crippen molar-refractivity contribution in [2.45, 2.75) is 0 Å². The molecule has 0 aliphatic carbocycles. The molecule has 10 rings (SSSR count). The normalized spacial score (nSPS) is 12.3. The summed E-state index contributed by atoms with van der Waals surface area (Å²) >= 11 is 0. The van der Waals surface area contributed by atoms with Crippen molar-refractivity contribution in [1.82, 2.24) is 9.38 Å². The van der Waals surface area contributed by atoms with Crippen molar-refractivity contribution in [1.29, 1.82) is 0 Å². The molecular formula is C43H27N3. The van der Waals surface area contributed by atoms with E-state index >= 15 is 0 Å². The lowest BCUT2D eigenvalue weighted by atomic mass is 9.90. The zero-order valence-electron chi connectivity index (χ0n) is 24.9. The summed E-state index contributed by atoms with van der Waals surface area (Å²) in [5.41, 5.74) is 15.1. The molecule has 0 amide bonds. The van der Waals surface area contributed by atoms with Crippen molar-refractivity contribution in [3.63, 3.8) is 0 Å². The molecule has 2 aromatic heterocycles. The van der Waals surface area contributed by atoms with E-state index in [-0.39, 0.29) is 0 Å². The molecule has 3 heteroatoms. The number of fused-ring (bicyclic) bond motifs is 13. The lowest BCUT2D eigenvalue weighted by Gasteiger charge is -2.27. The van der Waals surface area contributed by atoms with E-state index in [1.54, 1.807) is 0 Å². The minimum absolute atomic E-state index is 0.995. The third-order valence-corrected chi connectivity index (χ3v) is 9.49. The Balaban J connectivity index is 1.22. The van der Waals surface area contributed by atoms with Gasteiger partial charge in [-0.2, -0.15) is 0 Å². The van der Waals surface area contributed by atoms with E-state index in [0.29, 0.717) is 0 Å². The summed E-state index contributed by atoms with van der Waals surface area (Å²) in [6, 6.07) is 59.1. The number of anilines is 3. The second-order valence-electron chi connectivity index (χ2n) is 12.0. The molecular weight excluding hydrogens is 558 g/mol. The molecule has 7 aromatic carbocycles. The van der Waals surface area contributed by atoms with E-state index in [2.05, 4.69) is 173 Å². The van der Waals surface area contributed by atoms with E-state index < -0.39 is 0 Å². The highest BCUT2D eigenvalue weighted by molar-refractivity contribution is 6.15. The van der Waals surface area contributed by atoms with E-state index in [0.717, 1.165) is 27.8 Å². The molecule has 0 saturated carbocycles. The maximum absolute atomic E-state index is 5.10. The second kappa shape index (κ2) is 9.65. The monoisotopic (exact) mass is 585 g/mol. The fraction of sp³-hybridized carbons (Fsp3) is 0. The van der Waals surface area contributed by atoms with Crippen molar-refractivity contribution >= 4 is 55.4 Å². The molecule has 0 saturated heterocycles. The fourth-order valence-electron chi connectivity index (χ4n) is 7.45. The number of aromatic nitrogens is 2. The standard InChI is InChI=1S/C43H27N3/c1-2-12-30(13-3-1)45-39-18-8-4-14-32(39)31-24-22-28(26-36(31)33-15-5-9-19-40(33)45)29-23-25-35-37(27-29)34-16-6-10-20-41(34)46-42-21-11-7-17-38(42)44-43(35)46/h1-27H. The number of benzene rings is 7. The Bertz CT molecular complexity index is 2650. The topological polar surface area (TPSA) is 20.5 Å². The minimum Gasteiger partial charge on any atom is -0.309 e. The van der Waals surface area contributed by atoms with Crippen LogP contribution in [-0.4, -0.2) is 9.38 Å². The van der Waals surface area contributed by atoms with Gasteiger partial charge in [-0.25, -0.2) is 4.98 Å². The summed E-state index contributed by atoms with van der Waals surface area (Å²) in [5.74, 6) is 0. The van der Waals surface area contributed by atoms with E-state index in [9.17, 15) is 0 Å². The van der Waals surface area contributed by atoms with Crippen LogP contribution in [0.15, 0.2) is 164 Å². The molecule has 0 fully saturated rings. The van der Waals surface area contributed by atoms with Gasteiger partial charge in [-0.1, -0.05) is 103 Å². The first kappa shape index (κ1) is 25.2. The largest absolute Gasteiger partial charge is 0.309 e. The summed E-state index contributed by atoms with van der Waals surface area (Å²) in [4.78, 5) is 7.50. The average Bonchev–Trinajstić information content (AvgIpc) is 3.47. The molecule has 0 atom stereocenters. The molecule has 214 valence electrons. The Morgan fingerprint density at radius 3 is 1.85 bits per heavy atom. The molecule has 0 spiro atoms. The highest BCUT2D eigenvalue weighted by Gasteiger charge is 2.26. The van der Waals surface area contributed by atoms with Gasteiger partial charge in [0.1, 0.15) is 5.65 Å². The minimum atomic E-state index is 0.995. The molecule has 0 unspecified atom stereocenters. The van der Waals surface area contributed by atoms with Gasteiger partial charge in [0.05, 0.1) is 27.9 Å². The number of nitrogens with zero attached hydrogens (tertiary/aromatic N) is 3. The second-order valence-corrected chi connectivity index (χ2v) is 12.0. The van der Waals surface area contributed by atoms with Crippen LogP contribution in [-0.2, 0) is 0 Å². The van der Waals surface area contributed by atoms with Crippen molar-refractivity contribution in [2.75, 3.05) is 4.90 Å². The predicted molar refractivity (Wildman–Crippen MR) is 192 cm³/mol. The zero-order valence-corrected chi connectivity index (χ0v) is 24.9. The highest BCUT2D eigenvalue weighted by atomic mass is 15.1. The van der Waals surface area contributed by atoms with Gasteiger partial charge < -0.3 is 4.90 Å². The molecule has 9 aromatic rings. The molecule has 3 heterocycles. The number of pyridine rings is 1. The molecule has 1 aliphatic rings. The van der Waals surface area contributed by atoms with E-state index in [4.69, 9.17) is 4.98 Å². The molecule has 3 nitrogen and oxygen atoms in total. The van der Waals surface area contributed by atoms with Crippen molar-refractivity contribution in [2.24, 2.45) is 0 Å². The summed E-state index contributed by atoms with van der Waals surface area (Å²) in [6.07, 6.45) is 0. The van der Waals surface area contributed by atoms with Crippen LogP contribution in [0.25, 0.3) is 71.7 Å². The summed E-state index contributed by atoms with van der Waals surface area (Å²) in [5, 5.41) is 3.60. The summed E-state index contributed by atoms with van der Waals surface area (Å²) < 4.78 is 2.31. The predicted octanol–water partition coefficient (Wildman–Crippen LogP) is 11.6. The smallest absolute Gasteiger partial charge is 0.146 e. The van der Waals surface area contributed by atoms with Gasteiger partial charge in [0.25, 0.3) is 0 Å². The molecule has 0 radical (unpaired) electrons. The van der Waals surface area contributed by atoms with Crippen molar-refractivity contribution in [3.8, 4) is 33.4 Å². The summed E-state index contributed by atoms with van der Waals surface area (Å²) in [7, 11) is 0. The third kappa shape index (κ3) is 3.57. The lowest BCUT2D eigenvalue weighted by Crippen LogP contribution is -2.10. The van der Waals surface area contributed by atoms with Gasteiger partial charge in [0, 0.05) is 27.6 Å². The van der Waals surface area contributed by atoms with Crippen LogP contribution in [0.2, 0.25) is 0 Å². The van der Waals surface area contributed by atoms with Crippen molar-refractivity contribution < 1.29 is 0 Å². The maximum Gasteiger partial charge on any atom is 0.146 e. The highest BCUT2D eigenvalue weighted by Crippen LogP contribution is 2.51. The fourth-order valence-corrected chi connectivity index (χ4v) is 7.45. The first-order valence-electron chi connectivity index (χ1n) is 15.7. The molecule has 0 bridgehead atoms. The Morgan fingerprint density at radius 2 is 1.02 bits per heavy atom. The van der Waals surface area contributed by atoms with Gasteiger partial charge in [-0.15, -0.1) is 0 Å². The Labute approximate surface area is 266 Å². The van der Waals surface area contributed by atoms with E-state index in [1.165, 1.54) is 61.0 Å². The van der Waals surface area contributed by atoms with E-state index in [1.807, 2.05) is 0 Å². The lowest BCUT2D eigenvalue weighted by molar-refractivity contribution is 1.29. The number of hydrogen-bond acceptors (Lipinski definition) is 2. The quantitative estimate of drug-likeness (QED) is 0.188. The van der Waals surface area contributed by atoms with Crippen molar-refractivity contribution in [3.05, 3.63) is 164 Å². The van der Waals surface area contributed by atoms with Gasteiger partial charge in [0.15, 0.2) is 0 Å². The van der Waals surface area contributed by atoms with Crippen LogP contribution in [0, 0.1) is 0 Å². The SMILES string of the molecule is c1ccc(N2c3ccccc3-c3ccc(-c4ccc5c(c4)c4ccccc4n4c6ccccc6nc54)cc3-c3ccccc32)cc1. The van der Waals surface area contributed by atoms with Crippen LogP contribution in [0.5, 0.6) is 0 Å². The molecule has 0 N–H and O–H groups in total. The first-order valence-corrected chi connectivity index (χ1v) is 15.7. The van der Waals surface area contributed by atoms with Crippen LogP contribution >= 0.6 is 0 Å². The third-order valence-electron chi connectivity index (χ3n) is 9.49. The van der Waals surface area contributed by atoms with Gasteiger partial charge >= 0.3 is 0 Å². The van der Waals surface area contributed by atoms with Crippen LogP contribution < -0.4 is 4.90 Å². The number of hydrogen-bond donors (Lipinski definition) is 0. The van der Waals surface area contributed by atoms with Gasteiger partial charge in [-0.3, -0.25) is 4.40 Å². The summed E-state index contributed by atoms with van der Waals surface area (Å²) in [6.45, 7) is 0. The van der Waals surface area contributed by atoms with Crippen LogP contribution in [0.4, 0.5) is 17.1 Å². The average molecular weight is 586 g/mol. The van der Waals surface area contributed by atoms with Gasteiger partial charge in [0.2, 0.25) is 0 Å². The Hall–Kier alpha value is -6.19. The number of para-hydroxylation sites is 6. The Morgan fingerprint density at radius 1 is 0.391 bits per heavy atom. The molecule has 1 aliphatic heterocycles. The Kier molecular flexibility index (Phi) is 5.28. The number of rotatable bonds is 2.